The van der Waals surface area contributed by atoms with Crippen LogP contribution in [0.25, 0.3) is 33.6 Å². The number of fused-ring (bicyclic) bond motifs is 1. The molecule has 37 heavy (non-hydrogen) atoms. The number of aryl methyl sites for hydroxylation is 1. The fraction of sp³-hybridized carbons (Fsp3) is 0.103. The molecule has 7 nitrogen and oxygen atoms in total. The Morgan fingerprint density at radius 1 is 0.946 bits per heavy atom. The summed E-state index contributed by atoms with van der Waals surface area (Å²) in [5, 5.41) is 2.23. The van der Waals surface area contributed by atoms with Crippen molar-refractivity contribution in [2.45, 2.75) is 18.6 Å². The molecule has 1 aliphatic heterocycles. The van der Waals surface area contributed by atoms with Crippen molar-refractivity contribution in [3.8, 4) is 22.6 Å². The monoisotopic (exact) mass is 508 g/mol. The molecule has 6 rings (SSSR count). The van der Waals surface area contributed by atoms with E-state index in [0.29, 0.717) is 29.2 Å². The van der Waals surface area contributed by atoms with Crippen LogP contribution in [0.1, 0.15) is 27.6 Å². The van der Waals surface area contributed by atoms with Gasteiger partial charge in [-0.1, -0.05) is 66.4 Å². The molecule has 1 saturated heterocycles. The van der Waals surface area contributed by atoms with E-state index >= 15 is 0 Å². The molecule has 1 N–H and O–H groups in total. The molecule has 2 aromatic heterocycles. The van der Waals surface area contributed by atoms with Crippen LogP contribution in [0.4, 0.5) is 4.79 Å². The SMILES string of the molecule is Cc1oc(-c2ccccc2)nc1C(=O)c1oc2ccc(CC3SC(=O)NC3=O)cc2c1-c1ccccc1. The fourth-order valence-electron chi connectivity index (χ4n) is 4.48. The Kier molecular flexibility index (Phi) is 5.73. The van der Waals surface area contributed by atoms with Gasteiger partial charge >= 0.3 is 0 Å². The number of amides is 2. The highest BCUT2D eigenvalue weighted by Crippen LogP contribution is 2.38. The summed E-state index contributed by atoms with van der Waals surface area (Å²) in [5.41, 5.74) is 3.81. The van der Waals surface area contributed by atoms with Gasteiger partial charge in [-0.15, -0.1) is 0 Å². The molecule has 3 heterocycles. The van der Waals surface area contributed by atoms with Crippen LogP contribution < -0.4 is 5.32 Å². The van der Waals surface area contributed by atoms with Crippen molar-refractivity contribution >= 4 is 39.7 Å². The number of nitrogens with one attached hydrogen (secondary N) is 1. The van der Waals surface area contributed by atoms with E-state index in [-0.39, 0.29) is 28.4 Å². The van der Waals surface area contributed by atoms with Crippen molar-refractivity contribution in [3.05, 3.63) is 102 Å². The van der Waals surface area contributed by atoms with E-state index in [1.54, 1.807) is 13.0 Å². The highest BCUT2D eigenvalue weighted by Gasteiger charge is 2.32. The number of nitrogens with zero attached hydrogens (tertiary/aromatic N) is 1. The number of thioether (sulfide) groups is 1. The average Bonchev–Trinajstić information content (AvgIpc) is 3.58. The molecule has 3 aromatic carbocycles. The number of carbonyl (C=O) groups is 3. The van der Waals surface area contributed by atoms with E-state index in [1.807, 2.05) is 72.8 Å². The van der Waals surface area contributed by atoms with Crippen LogP contribution in [-0.4, -0.2) is 27.2 Å². The zero-order chi connectivity index (χ0) is 25.5. The molecule has 1 fully saturated rings. The van der Waals surface area contributed by atoms with Crippen LogP contribution in [-0.2, 0) is 11.2 Å². The van der Waals surface area contributed by atoms with Gasteiger partial charge in [-0.2, -0.15) is 0 Å². The highest BCUT2D eigenvalue weighted by molar-refractivity contribution is 8.15. The van der Waals surface area contributed by atoms with Gasteiger partial charge in [0.25, 0.3) is 11.0 Å². The van der Waals surface area contributed by atoms with Crippen molar-refractivity contribution in [1.29, 1.82) is 0 Å². The Morgan fingerprint density at radius 3 is 2.32 bits per heavy atom. The van der Waals surface area contributed by atoms with Gasteiger partial charge in [0, 0.05) is 16.5 Å². The molecular weight excluding hydrogens is 488 g/mol. The lowest BCUT2D eigenvalue weighted by Crippen LogP contribution is -2.25. The van der Waals surface area contributed by atoms with Gasteiger partial charge in [0.15, 0.2) is 11.5 Å². The maximum atomic E-state index is 13.8. The summed E-state index contributed by atoms with van der Waals surface area (Å²) in [7, 11) is 0. The number of oxazole rings is 1. The first-order valence-electron chi connectivity index (χ1n) is 11.7. The Morgan fingerprint density at radius 2 is 1.65 bits per heavy atom. The van der Waals surface area contributed by atoms with E-state index in [0.717, 1.165) is 33.8 Å². The second-order valence-corrected chi connectivity index (χ2v) is 9.88. The largest absolute Gasteiger partial charge is 0.452 e. The normalized spacial score (nSPS) is 15.3. The number of carbonyl (C=O) groups excluding carboxylic acids is 3. The summed E-state index contributed by atoms with van der Waals surface area (Å²) in [5.74, 6) is 0.256. The molecule has 1 unspecified atom stereocenters. The standard InChI is InChI=1S/C29H20N2O5S/c1-16-24(30-28(35-16)19-10-6-3-7-11-19)25(32)26-23(18-8-4-2-5-9-18)20-14-17(12-13-21(20)36-26)15-22-27(33)31-29(34)37-22/h2-14,22H,15H2,1H3,(H,31,33,34). The molecule has 1 atom stereocenters. The van der Waals surface area contributed by atoms with Gasteiger partial charge < -0.3 is 8.83 Å². The molecule has 0 radical (unpaired) electrons. The van der Waals surface area contributed by atoms with E-state index in [9.17, 15) is 14.4 Å². The second-order valence-electron chi connectivity index (χ2n) is 8.71. The lowest BCUT2D eigenvalue weighted by atomic mass is 9.97. The van der Waals surface area contributed by atoms with Crippen LogP contribution in [0.5, 0.6) is 0 Å². The van der Waals surface area contributed by atoms with Gasteiger partial charge in [0.05, 0.1) is 5.25 Å². The maximum Gasteiger partial charge on any atom is 0.286 e. The lowest BCUT2D eigenvalue weighted by molar-refractivity contribution is -0.118. The number of hydrogen-bond donors (Lipinski definition) is 1. The molecule has 5 aromatic rings. The second kappa shape index (κ2) is 9.22. The summed E-state index contributed by atoms with van der Waals surface area (Å²) < 4.78 is 12.0. The fourth-order valence-corrected chi connectivity index (χ4v) is 5.34. The molecule has 0 aliphatic carbocycles. The Hall–Kier alpha value is -4.43. The molecule has 182 valence electrons. The molecular formula is C29H20N2O5S. The first-order chi connectivity index (χ1) is 18.0. The predicted molar refractivity (Wildman–Crippen MR) is 140 cm³/mol. The zero-order valence-corrected chi connectivity index (χ0v) is 20.5. The molecule has 8 heteroatoms. The molecule has 2 amide bonds. The van der Waals surface area contributed by atoms with Crippen molar-refractivity contribution < 1.29 is 23.2 Å². The zero-order valence-electron chi connectivity index (χ0n) is 19.7. The van der Waals surface area contributed by atoms with E-state index < -0.39 is 5.25 Å². The van der Waals surface area contributed by atoms with Crippen LogP contribution in [0, 0.1) is 6.92 Å². The third-order valence-electron chi connectivity index (χ3n) is 6.24. The summed E-state index contributed by atoms with van der Waals surface area (Å²) in [6.45, 7) is 1.71. The molecule has 0 saturated carbocycles. The van der Waals surface area contributed by atoms with Crippen molar-refractivity contribution in [3.63, 3.8) is 0 Å². The Labute approximate surface area is 215 Å². The van der Waals surface area contributed by atoms with Crippen LogP contribution in [0.15, 0.2) is 87.7 Å². The topological polar surface area (TPSA) is 102 Å². The van der Waals surface area contributed by atoms with Crippen molar-refractivity contribution in [2.24, 2.45) is 0 Å². The van der Waals surface area contributed by atoms with Gasteiger partial charge in [-0.05, 0) is 48.7 Å². The highest BCUT2D eigenvalue weighted by atomic mass is 32.2. The van der Waals surface area contributed by atoms with E-state index in [2.05, 4.69) is 10.3 Å². The van der Waals surface area contributed by atoms with Crippen molar-refractivity contribution in [2.75, 3.05) is 0 Å². The van der Waals surface area contributed by atoms with Crippen LogP contribution >= 0.6 is 11.8 Å². The third-order valence-corrected chi connectivity index (χ3v) is 7.22. The first-order valence-corrected chi connectivity index (χ1v) is 12.6. The smallest absolute Gasteiger partial charge is 0.286 e. The summed E-state index contributed by atoms with van der Waals surface area (Å²) in [6, 6.07) is 24.5. The Bertz CT molecular complexity index is 1670. The lowest BCUT2D eigenvalue weighted by Gasteiger charge is -2.06. The van der Waals surface area contributed by atoms with Gasteiger partial charge in [-0.3, -0.25) is 19.7 Å². The summed E-state index contributed by atoms with van der Waals surface area (Å²) >= 11 is 0.988. The number of hydrogen-bond acceptors (Lipinski definition) is 7. The Balaban J connectivity index is 1.45. The number of benzene rings is 3. The summed E-state index contributed by atoms with van der Waals surface area (Å²) in [4.78, 5) is 42.0. The van der Waals surface area contributed by atoms with Gasteiger partial charge in [0.1, 0.15) is 11.3 Å². The molecule has 0 spiro atoms. The number of imide groups is 1. The minimum atomic E-state index is -0.493. The first kappa shape index (κ1) is 23.0. The minimum absolute atomic E-state index is 0.164. The number of rotatable bonds is 6. The minimum Gasteiger partial charge on any atom is -0.452 e. The number of furan rings is 1. The predicted octanol–water partition coefficient (Wildman–Crippen LogP) is 6.19. The maximum absolute atomic E-state index is 13.8. The van der Waals surface area contributed by atoms with Gasteiger partial charge in [-0.25, -0.2) is 4.98 Å². The molecule has 0 bridgehead atoms. The van der Waals surface area contributed by atoms with Crippen LogP contribution in [0.2, 0.25) is 0 Å². The number of ketones is 1. The van der Waals surface area contributed by atoms with Gasteiger partial charge in [0.2, 0.25) is 11.8 Å². The quantitative estimate of drug-likeness (QED) is 0.273. The van der Waals surface area contributed by atoms with E-state index in [4.69, 9.17) is 8.83 Å². The third kappa shape index (κ3) is 4.25. The molecule has 1 aliphatic rings. The number of aromatic nitrogens is 1. The van der Waals surface area contributed by atoms with Crippen LogP contribution in [0.3, 0.4) is 0 Å². The van der Waals surface area contributed by atoms with E-state index in [1.165, 1.54) is 0 Å². The summed E-state index contributed by atoms with van der Waals surface area (Å²) in [6.07, 6.45) is 0.379. The average molecular weight is 509 g/mol. The van der Waals surface area contributed by atoms with Crippen molar-refractivity contribution in [1.82, 2.24) is 10.3 Å².